The molecule has 0 fully saturated rings. The van der Waals surface area contributed by atoms with Gasteiger partial charge in [-0.1, -0.05) is 12.1 Å². The van der Waals surface area contributed by atoms with Crippen molar-refractivity contribution in [2.45, 2.75) is 0 Å². The number of benzene rings is 2. The summed E-state index contributed by atoms with van der Waals surface area (Å²) in [6.07, 6.45) is 1.79. The van der Waals surface area contributed by atoms with Crippen LogP contribution in [0.1, 0.15) is 20.7 Å². The van der Waals surface area contributed by atoms with E-state index in [0.717, 1.165) is 10.9 Å². The van der Waals surface area contributed by atoms with Gasteiger partial charge in [0, 0.05) is 28.4 Å². The van der Waals surface area contributed by atoms with Gasteiger partial charge in [0.05, 0.1) is 12.7 Å². The number of rotatable bonds is 3. The minimum atomic E-state index is -0.441. The van der Waals surface area contributed by atoms with E-state index in [0.29, 0.717) is 16.8 Å². The average molecular weight is 294 g/mol. The van der Waals surface area contributed by atoms with Gasteiger partial charge in [-0.25, -0.2) is 4.79 Å². The van der Waals surface area contributed by atoms with E-state index in [-0.39, 0.29) is 5.91 Å². The first-order valence-electron chi connectivity index (χ1n) is 6.75. The maximum absolute atomic E-state index is 12.4. The number of nitrogens with one attached hydrogen (secondary N) is 2. The molecule has 1 aromatic heterocycles. The van der Waals surface area contributed by atoms with Crippen LogP contribution in [0.15, 0.2) is 54.7 Å². The Labute approximate surface area is 126 Å². The summed E-state index contributed by atoms with van der Waals surface area (Å²) in [5.41, 5.74) is 2.40. The maximum atomic E-state index is 12.4. The van der Waals surface area contributed by atoms with Crippen LogP contribution in [0, 0.1) is 0 Å². The number of carbonyl (C=O) groups excluding carboxylic acids is 2. The van der Waals surface area contributed by atoms with Crippen LogP contribution in [-0.4, -0.2) is 24.0 Å². The van der Waals surface area contributed by atoms with Gasteiger partial charge in [-0.2, -0.15) is 0 Å². The molecule has 0 unspecified atom stereocenters. The van der Waals surface area contributed by atoms with Gasteiger partial charge in [0.2, 0.25) is 0 Å². The Morgan fingerprint density at radius 3 is 2.73 bits per heavy atom. The van der Waals surface area contributed by atoms with Crippen LogP contribution in [0.25, 0.3) is 10.9 Å². The summed E-state index contributed by atoms with van der Waals surface area (Å²) in [4.78, 5) is 27.0. The highest BCUT2D eigenvalue weighted by atomic mass is 16.5. The number of aromatic nitrogens is 1. The van der Waals surface area contributed by atoms with Crippen LogP contribution in [0.4, 0.5) is 5.69 Å². The van der Waals surface area contributed by atoms with Gasteiger partial charge < -0.3 is 15.0 Å². The largest absolute Gasteiger partial charge is 0.465 e. The molecular weight excluding hydrogens is 280 g/mol. The van der Waals surface area contributed by atoms with E-state index >= 15 is 0 Å². The molecule has 0 spiro atoms. The van der Waals surface area contributed by atoms with Gasteiger partial charge in [0.15, 0.2) is 0 Å². The van der Waals surface area contributed by atoms with Crippen molar-refractivity contribution >= 4 is 28.5 Å². The molecule has 0 aliphatic heterocycles. The monoisotopic (exact) mass is 294 g/mol. The molecular formula is C17H14N2O3. The molecule has 3 aromatic rings. The van der Waals surface area contributed by atoms with E-state index in [9.17, 15) is 9.59 Å². The first-order chi connectivity index (χ1) is 10.7. The van der Waals surface area contributed by atoms with Crippen molar-refractivity contribution in [3.8, 4) is 0 Å². The zero-order valence-electron chi connectivity index (χ0n) is 11.9. The standard InChI is InChI=1S/C17H14N2O3/c1-22-17(21)11-4-2-5-12(10-11)19-16(20)14-6-3-7-15-13(14)8-9-18-15/h2-10,18H,1H3,(H,19,20). The fourth-order valence-electron chi connectivity index (χ4n) is 2.32. The fraction of sp³-hybridized carbons (Fsp3) is 0.0588. The van der Waals surface area contributed by atoms with E-state index in [2.05, 4.69) is 15.0 Å². The molecule has 5 nitrogen and oxygen atoms in total. The lowest BCUT2D eigenvalue weighted by molar-refractivity contribution is 0.0600. The average Bonchev–Trinajstić information content (AvgIpc) is 3.02. The second-order valence-corrected chi connectivity index (χ2v) is 4.77. The Balaban J connectivity index is 1.88. The van der Waals surface area contributed by atoms with Crippen LogP contribution in [0.3, 0.4) is 0 Å². The highest BCUT2D eigenvalue weighted by molar-refractivity contribution is 6.12. The summed E-state index contributed by atoms with van der Waals surface area (Å²) in [6, 6.07) is 14.0. The number of carbonyl (C=O) groups is 2. The lowest BCUT2D eigenvalue weighted by Gasteiger charge is -2.07. The van der Waals surface area contributed by atoms with Gasteiger partial charge in [0.1, 0.15) is 0 Å². The number of fused-ring (bicyclic) bond motifs is 1. The fourth-order valence-corrected chi connectivity index (χ4v) is 2.32. The van der Waals surface area contributed by atoms with Crippen molar-refractivity contribution < 1.29 is 14.3 Å². The van der Waals surface area contributed by atoms with E-state index in [4.69, 9.17) is 0 Å². The van der Waals surface area contributed by atoms with Gasteiger partial charge in [0.25, 0.3) is 5.91 Å². The summed E-state index contributed by atoms with van der Waals surface area (Å²) in [6.45, 7) is 0. The lowest BCUT2D eigenvalue weighted by Crippen LogP contribution is -2.12. The van der Waals surface area contributed by atoms with Crippen molar-refractivity contribution in [1.29, 1.82) is 0 Å². The van der Waals surface area contributed by atoms with E-state index in [1.165, 1.54) is 7.11 Å². The molecule has 3 rings (SSSR count). The number of hydrogen-bond acceptors (Lipinski definition) is 3. The molecule has 0 aliphatic carbocycles. The molecule has 2 N–H and O–H groups in total. The topological polar surface area (TPSA) is 71.2 Å². The van der Waals surface area contributed by atoms with Crippen LogP contribution in [-0.2, 0) is 4.74 Å². The third kappa shape index (κ3) is 2.56. The quantitative estimate of drug-likeness (QED) is 0.729. The first-order valence-corrected chi connectivity index (χ1v) is 6.75. The summed E-state index contributed by atoms with van der Waals surface area (Å²) < 4.78 is 4.67. The minimum Gasteiger partial charge on any atom is -0.465 e. The van der Waals surface area contributed by atoms with Gasteiger partial charge in [-0.05, 0) is 36.4 Å². The molecule has 0 saturated carbocycles. The van der Waals surface area contributed by atoms with E-state index in [1.807, 2.05) is 18.2 Å². The first kappa shape index (κ1) is 13.9. The van der Waals surface area contributed by atoms with Crippen LogP contribution in [0.2, 0.25) is 0 Å². The minimum absolute atomic E-state index is 0.229. The molecule has 0 atom stereocenters. The number of anilines is 1. The highest BCUT2D eigenvalue weighted by Gasteiger charge is 2.12. The number of aromatic amines is 1. The second-order valence-electron chi connectivity index (χ2n) is 4.77. The van der Waals surface area contributed by atoms with Crippen molar-refractivity contribution in [3.05, 3.63) is 65.9 Å². The molecule has 0 saturated heterocycles. The zero-order chi connectivity index (χ0) is 15.5. The molecule has 2 aromatic carbocycles. The van der Waals surface area contributed by atoms with Crippen molar-refractivity contribution in [2.24, 2.45) is 0 Å². The third-order valence-corrected chi connectivity index (χ3v) is 3.38. The number of hydrogen-bond donors (Lipinski definition) is 2. The lowest BCUT2D eigenvalue weighted by atomic mass is 10.1. The Kier molecular flexibility index (Phi) is 3.62. The molecule has 1 amide bonds. The van der Waals surface area contributed by atoms with Gasteiger partial charge in [-0.15, -0.1) is 0 Å². The molecule has 110 valence electrons. The predicted molar refractivity (Wildman–Crippen MR) is 84.0 cm³/mol. The summed E-state index contributed by atoms with van der Waals surface area (Å²) >= 11 is 0. The smallest absolute Gasteiger partial charge is 0.337 e. The molecule has 0 aliphatic rings. The van der Waals surface area contributed by atoms with Crippen molar-refractivity contribution in [2.75, 3.05) is 12.4 Å². The van der Waals surface area contributed by atoms with Gasteiger partial charge >= 0.3 is 5.97 Å². The van der Waals surface area contributed by atoms with Crippen LogP contribution < -0.4 is 5.32 Å². The number of ether oxygens (including phenoxy) is 1. The SMILES string of the molecule is COC(=O)c1cccc(NC(=O)c2cccc3[nH]ccc23)c1. The van der Waals surface area contributed by atoms with Crippen LogP contribution in [0.5, 0.6) is 0 Å². The molecule has 0 radical (unpaired) electrons. The number of amides is 1. The number of esters is 1. The van der Waals surface area contributed by atoms with Crippen molar-refractivity contribution in [1.82, 2.24) is 4.98 Å². The third-order valence-electron chi connectivity index (χ3n) is 3.38. The number of H-pyrrole nitrogens is 1. The van der Waals surface area contributed by atoms with Gasteiger partial charge in [-0.3, -0.25) is 4.79 Å². The molecule has 5 heteroatoms. The Morgan fingerprint density at radius 1 is 1.09 bits per heavy atom. The summed E-state index contributed by atoms with van der Waals surface area (Å²) in [5, 5.41) is 3.65. The summed E-state index contributed by atoms with van der Waals surface area (Å²) in [7, 11) is 1.32. The molecule has 0 bridgehead atoms. The second kappa shape index (κ2) is 5.73. The summed E-state index contributed by atoms with van der Waals surface area (Å²) in [5.74, 6) is -0.670. The van der Waals surface area contributed by atoms with Crippen molar-refractivity contribution in [3.63, 3.8) is 0 Å². The molecule has 22 heavy (non-hydrogen) atoms. The van der Waals surface area contributed by atoms with E-state index < -0.39 is 5.97 Å². The normalized spacial score (nSPS) is 10.4. The molecule has 1 heterocycles. The number of methoxy groups -OCH3 is 1. The zero-order valence-corrected chi connectivity index (χ0v) is 11.9. The van der Waals surface area contributed by atoms with E-state index in [1.54, 1.807) is 36.5 Å². The predicted octanol–water partition coefficient (Wildman–Crippen LogP) is 3.21. The Morgan fingerprint density at radius 2 is 1.91 bits per heavy atom. The Hall–Kier alpha value is -3.08. The van der Waals surface area contributed by atoms with Crippen LogP contribution >= 0.6 is 0 Å². The maximum Gasteiger partial charge on any atom is 0.337 e. The highest BCUT2D eigenvalue weighted by Crippen LogP contribution is 2.19. The Bertz CT molecular complexity index is 852.